The van der Waals surface area contributed by atoms with E-state index >= 15 is 0 Å². The molecule has 3 heteroatoms. The Morgan fingerprint density at radius 2 is 1.70 bits per heavy atom. The summed E-state index contributed by atoms with van der Waals surface area (Å²) in [5.41, 5.74) is 2.30. The van der Waals surface area contributed by atoms with E-state index in [-0.39, 0.29) is 10.2 Å². The van der Waals surface area contributed by atoms with Crippen molar-refractivity contribution in [3.05, 3.63) is 35.4 Å². The van der Waals surface area contributed by atoms with Gasteiger partial charge in [-0.2, -0.15) is 5.26 Å². The molecule has 0 saturated heterocycles. The maximum atomic E-state index is 8.97. The largest absolute Gasteiger partial charge is 0.185 e. The summed E-state index contributed by atoms with van der Waals surface area (Å²) in [7, 11) is 2.12. The van der Waals surface area contributed by atoms with E-state index in [0.717, 1.165) is 12.7 Å². The van der Waals surface area contributed by atoms with Gasteiger partial charge in [-0.3, -0.25) is 0 Å². The summed E-state index contributed by atoms with van der Waals surface area (Å²) < 4.78 is -0.132. The molecule has 1 aromatic carbocycles. The van der Waals surface area contributed by atoms with Crippen LogP contribution >= 0.6 is 11.8 Å². The van der Waals surface area contributed by atoms with Gasteiger partial charge in [-0.1, -0.05) is 43.4 Å². The first-order valence-corrected chi connectivity index (χ1v) is 7.89. The Labute approximate surface area is 128 Å². The molecule has 0 spiro atoms. The Hall–Kier alpha value is -1.32. The molecule has 0 aromatic heterocycles. The first-order valence-electron chi connectivity index (χ1n) is 7.07. The second kappa shape index (κ2) is 6.91. The Morgan fingerprint density at radius 3 is 2.15 bits per heavy atom. The molecule has 1 atom stereocenters. The minimum atomic E-state index is -0.132. The van der Waals surface area contributed by atoms with Crippen molar-refractivity contribution in [2.24, 2.45) is 0 Å². The van der Waals surface area contributed by atoms with Crippen LogP contribution in [0.3, 0.4) is 0 Å². The predicted molar refractivity (Wildman–Crippen MR) is 91.4 cm³/mol. The molecule has 104 valence electrons. The van der Waals surface area contributed by atoms with Gasteiger partial charge in [0.25, 0.3) is 0 Å². The van der Waals surface area contributed by atoms with Crippen LogP contribution in [0.15, 0.2) is 24.3 Å². The SMILES string of the molecule is BCC(C)(SC#N)c1ccc(C(C)(C)C#CCC)cc1. The molecule has 0 heterocycles. The molecular weight excluding hydrogens is 261 g/mol. The fourth-order valence-electron chi connectivity index (χ4n) is 2.06. The van der Waals surface area contributed by atoms with Gasteiger partial charge in [0.15, 0.2) is 0 Å². The van der Waals surface area contributed by atoms with Crippen LogP contribution in [0.5, 0.6) is 0 Å². The standard InChI is InChI=1S/C17H22BNS/c1-5-6-11-16(2,3)14-7-9-15(10-8-14)17(4,12-18)20-13-19/h7-10H,5,12,18H2,1-4H3. The fourth-order valence-corrected chi connectivity index (χ4v) is 2.66. The second-order valence-corrected chi connectivity index (χ2v) is 6.92. The highest BCUT2D eigenvalue weighted by Gasteiger charge is 2.26. The van der Waals surface area contributed by atoms with E-state index in [1.165, 1.54) is 22.9 Å². The van der Waals surface area contributed by atoms with E-state index in [1.807, 2.05) is 0 Å². The molecule has 0 aliphatic rings. The summed E-state index contributed by atoms with van der Waals surface area (Å²) in [6.07, 6.45) is 1.82. The van der Waals surface area contributed by atoms with Gasteiger partial charge in [-0.25, -0.2) is 0 Å². The lowest BCUT2D eigenvalue weighted by Crippen LogP contribution is -2.18. The number of hydrogen-bond donors (Lipinski definition) is 0. The number of benzene rings is 1. The van der Waals surface area contributed by atoms with Crippen molar-refractivity contribution in [3.8, 4) is 17.2 Å². The summed E-state index contributed by atoms with van der Waals surface area (Å²) >= 11 is 1.34. The van der Waals surface area contributed by atoms with Gasteiger partial charge in [0.2, 0.25) is 0 Å². The monoisotopic (exact) mass is 283 g/mol. The van der Waals surface area contributed by atoms with Crippen molar-refractivity contribution >= 4 is 19.6 Å². The number of thiocyanates is 1. The van der Waals surface area contributed by atoms with Crippen molar-refractivity contribution in [2.75, 3.05) is 0 Å². The lowest BCUT2D eigenvalue weighted by molar-refractivity contribution is 0.694. The smallest absolute Gasteiger partial charge is 0.134 e. The normalized spacial score (nSPS) is 13.8. The van der Waals surface area contributed by atoms with E-state index in [4.69, 9.17) is 5.26 Å². The van der Waals surface area contributed by atoms with Crippen molar-refractivity contribution in [3.63, 3.8) is 0 Å². The molecule has 20 heavy (non-hydrogen) atoms. The third-order valence-electron chi connectivity index (χ3n) is 3.74. The van der Waals surface area contributed by atoms with Crippen molar-refractivity contribution in [2.45, 2.75) is 50.6 Å². The van der Waals surface area contributed by atoms with Crippen LogP contribution in [-0.2, 0) is 10.2 Å². The van der Waals surface area contributed by atoms with Crippen LogP contribution in [0.25, 0.3) is 0 Å². The number of rotatable bonds is 4. The van der Waals surface area contributed by atoms with Crippen LogP contribution in [-0.4, -0.2) is 7.85 Å². The third kappa shape index (κ3) is 3.84. The number of nitrogens with zero attached hydrogens (tertiary/aromatic N) is 1. The van der Waals surface area contributed by atoms with Crippen molar-refractivity contribution < 1.29 is 0 Å². The van der Waals surface area contributed by atoms with Crippen LogP contribution in [0, 0.1) is 22.5 Å². The Kier molecular flexibility index (Phi) is 5.79. The highest BCUT2D eigenvalue weighted by molar-refractivity contribution is 8.04. The zero-order valence-electron chi connectivity index (χ0n) is 13.1. The van der Waals surface area contributed by atoms with Gasteiger partial charge < -0.3 is 0 Å². The zero-order valence-corrected chi connectivity index (χ0v) is 13.9. The van der Waals surface area contributed by atoms with E-state index in [9.17, 15) is 0 Å². The fraction of sp³-hybridized carbons (Fsp3) is 0.471. The third-order valence-corrected chi connectivity index (χ3v) is 4.81. The van der Waals surface area contributed by atoms with Gasteiger partial charge in [0.05, 0.1) is 5.41 Å². The second-order valence-electron chi connectivity index (χ2n) is 5.64. The molecule has 0 N–H and O–H groups in total. The number of nitriles is 1. The van der Waals surface area contributed by atoms with E-state index in [1.54, 1.807) is 0 Å². The molecule has 1 nitrogen and oxygen atoms in total. The van der Waals surface area contributed by atoms with Crippen LogP contribution in [0.4, 0.5) is 0 Å². The van der Waals surface area contributed by atoms with Gasteiger partial charge in [0, 0.05) is 11.2 Å². The molecular formula is C17H22BNS. The number of thioether (sulfide) groups is 1. The molecule has 1 aromatic rings. The summed E-state index contributed by atoms with van der Waals surface area (Å²) in [6, 6.07) is 8.56. The van der Waals surface area contributed by atoms with Crippen LogP contribution in [0.2, 0.25) is 6.32 Å². The summed E-state index contributed by atoms with van der Waals surface area (Å²) in [6.45, 7) is 8.48. The first-order chi connectivity index (χ1) is 9.39. The molecule has 0 radical (unpaired) electrons. The van der Waals surface area contributed by atoms with E-state index in [2.05, 4.69) is 77.0 Å². The molecule has 0 aliphatic carbocycles. The molecule has 0 bridgehead atoms. The lowest BCUT2D eigenvalue weighted by Gasteiger charge is -2.26. The molecule has 0 aliphatic heterocycles. The summed E-state index contributed by atoms with van der Waals surface area (Å²) in [4.78, 5) is 0. The topological polar surface area (TPSA) is 23.8 Å². The number of hydrogen-bond acceptors (Lipinski definition) is 2. The maximum Gasteiger partial charge on any atom is 0.134 e. The Morgan fingerprint density at radius 1 is 1.15 bits per heavy atom. The van der Waals surface area contributed by atoms with Gasteiger partial charge in [0.1, 0.15) is 13.2 Å². The molecule has 1 rings (SSSR count). The molecule has 0 amide bonds. The van der Waals surface area contributed by atoms with E-state index in [0.29, 0.717) is 0 Å². The molecule has 0 saturated carbocycles. The average Bonchev–Trinajstić information content (AvgIpc) is 2.45. The molecule has 1 unspecified atom stereocenters. The zero-order chi connectivity index (χ0) is 15.2. The van der Waals surface area contributed by atoms with Crippen molar-refractivity contribution in [1.82, 2.24) is 0 Å². The summed E-state index contributed by atoms with van der Waals surface area (Å²) in [5, 5.41) is 11.2. The minimum absolute atomic E-state index is 0.125. The van der Waals surface area contributed by atoms with Crippen LogP contribution in [0.1, 0.15) is 45.2 Å². The maximum absolute atomic E-state index is 8.97. The summed E-state index contributed by atoms with van der Waals surface area (Å²) in [5.74, 6) is 6.48. The van der Waals surface area contributed by atoms with Crippen LogP contribution < -0.4 is 0 Å². The first kappa shape index (κ1) is 16.7. The van der Waals surface area contributed by atoms with E-state index < -0.39 is 0 Å². The predicted octanol–water partition coefficient (Wildman–Crippen LogP) is 3.86. The van der Waals surface area contributed by atoms with Gasteiger partial charge in [-0.05, 0) is 43.7 Å². The highest BCUT2D eigenvalue weighted by atomic mass is 32.2. The van der Waals surface area contributed by atoms with Crippen molar-refractivity contribution in [1.29, 1.82) is 5.26 Å². The lowest BCUT2D eigenvalue weighted by atomic mass is 9.82. The highest BCUT2D eigenvalue weighted by Crippen LogP contribution is 2.39. The van der Waals surface area contributed by atoms with Gasteiger partial charge >= 0.3 is 0 Å². The Balaban J connectivity index is 3.08. The quantitative estimate of drug-likeness (QED) is 0.476. The molecule has 0 fully saturated rings. The average molecular weight is 283 g/mol. The minimum Gasteiger partial charge on any atom is -0.185 e. The van der Waals surface area contributed by atoms with Gasteiger partial charge in [-0.15, -0.1) is 5.92 Å². The Bertz CT molecular complexity index is 545.